The summed E-state index contributed by atoms with van der Waals surface area (Å²) in [6.45, 7) is 1.32. The van der Waals surface area contributed by atoms with Gasteiger partial charge in [-0.2, -0.15) is 0 Å². The van der Waals surface area contributed by atoms with Crippen molar-refractivity contribution in [3.8, 4) is 0 Å². The number of halogens is 3. The van der Waals surface area contributed by atoms with E-state index in [0.29, 0.717) is 28.7 Å². The Balaban J connectivity index is 0.00000220. The standard InChI is InChI=1S/C15H13Cl2NO2.ClH/c16-13-6-3-11(7-14(13)17)9-18-8-10-1-4-12(5-2-10)15(19)20;/h1-7,18H,8-9H2,(H,19,20);1H. The van der Waals surface area contributed by atoms with E-state index < -0.39 is 5.97 Å². The normalized spacial score (nSPS) is 10.0. The maximum absolute atomic E-state index is 10.7. The zero-order valence-corrected chi connectivity index (χ0v) is 13.3. The number of benzene rings is 2. The predicted octanol–water partition coefficient (Wildman–Crippen LogP) is 4.40. The second-order valence-corrected chi connectivity index (χ2v) is 5.17. The van der Waals surface area contributed by atoms with Crippen molar-refractivity contribution in [3.63, 3.8) is 0 Å². The van der Waals surface area contributed by atoms with E-state index in [9.17, 15) is 4.79 Å². The lowest BCUT2D eigenvalue weighted by Crippen LogP contribution is -2.12. The summed E-state index contributed by atoms with van der Waals surface area (Å²) in [4.78, 5) is 10.7. The van der Waals surface area contributed by atoms with Gasteiger partial charge in [0.05, 0.1) is 15.6 Å². The molecule has 0 unspecified atom stereocenters. The second-order valence-electron chi connectivity index (χ2n) is 4.35. The van der Waals surface area contributed by atoms with Gasteiger partial charge in [-0.3, -0.25) is 0 Å². The molecule has 2 aromatic carbocycles. The van der Waals surface area contributed by atoms with Crippen LogP contribution in [0.4, 0.5) is 0 Å². The SMILES string of the molecule is Cl.O=C(O)c1ccc(CNCc2ccc(Cl)c(Cl)c2)cc1. The van der Waals surface area contributed by atoms with E-state index in [4.69, 9.17) is 28.3 Å². The summed E-state index contributed by atoms with van der Waals surface area (Å²) in [6, 6.07) is 12.3. The summed E-state index contributed by atoms with van der Waals surface area (Å²) < 4.78 is 0. The molecule has 0 aliphatic carbocycles. The predicted molar refractivity (Wildman–Crippen MR) is 87.7 cm³/mol. The Morgan fingerprint density at radius 3 is 2.10 bits per heavy atom. The highest BCUT2D eigenvalue weighted by molar-refractivity contribution is 6.42. The van der Waals surface area contributed by atoms with Crippen LogP contribution >= 0.6 is 35.6 Å². The highest BCUT2D eigenvalue weighted by atomic mass is 35.5. The van der Waals surface area contributed by atoms with Crippen LogP contribution in [0.3, 0.4) is 0 Å². The number of carboxylic acids is 1. The van der Waals surface area contributed by atoms with Crippen molar-refractivity contribution in [3.05, 3.63) is 69.2 Å². The highest BCUT2D eigenvalue weighted by Gasteiger charge is 2.02. The summed E-state index contributed by atoms with van der Waals surface area (Å²) in [7, 11) is 0. The molecule has 2 N–H and O–H groups in total. The lowest BCUT2D eigenvalue weighted by molar-refractivity contribution is 0.0697. The average molecular weight is 347 g/mol. The van der Waals surface area contributed by atoms with Crippen LogP contribution in [0.1, 0.15) is 21.5 Å². The number of rotatable bonds is 5. The summed E-state index contributed by atoms with van der Waals surface area (Å²) in [5.41, 5.74) is 2.36. The van der Waals surface area contributed by atoms with Crippen molar-refractivity contribution in [2.75, 3.05) is 0 Å². The van der Waals surface area contributed by atoms with Gasteiger partial charge in [0.2, 0.25) is 0 Å². The van der Waals surface area contributed by atoms with E-state index in [-0.39, 0.29) is 12.4 Å². The molecule has 3 nitrogen and oxygen atoms in total. The number of aromatic carboxylic acids is 1. The first-order valence-corrected chi connectivity index (χ1v) is 6.79. The number of hydrogen-bond acceptors (Lipinski definition) is 2. The fraction of sp³-hybridized carbons (Fsp3) is 0.133. The molecule has 6 heteroatoms. The largest absolute Gasteiger partial charge is 0.478 e. The van der Waals surface area contributed by atoms with E-state index in [1.54, 1.807) is 30.3 Å². The first-order valence-electron chi connectivity index (χ1n) is 6.03. The number of nitrogens with one attached hydrogen (secondary N) is 1. The monoisotopic (exact) mass is 345 g/mol. The van der Waals surface area contributed by atoms with Gasteiger partial charge in [-0.05, 0) is 35.4 Å². The Morgan fingerprint density at radius 1 is 0.952 bits per heavy atom. The fourth-order valence-corrected chi connectivity index (χ4v) is 2.09. The van der Waals surface area contributed by atoms with Crippen molar-refractivity contribution in [2.24, 2.45) is 0 Å². The molecule has 0 aromatic heterocycles. The lowest BCUT2D eigenvalue weighted by Gasteiger charge is -2.06. The second kappa shape index (κ2) is 8.25. The van der Waals surface area contributed by atoms with Crippen molar-refractivity contribution in [1.29, 1.82) is 0 Å². The van der Waals surface area contributed by atoms with Gasteiger partial charge in [0, 0.05) is 13.1 Å². The summed E-state index contributed by atoms with van der Waals surface area (Å²) in [6.07, 6.45) is 0. The van der Waals surface area contributed by atoms with Crippen LogP contribution in [0.15, 0.2) is 42.5 Å². The van der Waals surface area contributed by atoms with Gasteiger partial charge < -0.3 is 10.4 Å². The minimum absolute atomic E-state index is 0. The zero-order valence-electron chi connectivity index (χ0n) is 11.0. The lowest BCUT2D eigenvalue weighted by atomic mass is 10.1. The molecule has 2 aromatic rings. The third-order valence-corrected chi connectivity index (χ3v) is 3.58. The third-order valence-electron chi connectivity index (χ3n) is 2.84. The van der Waals surface area contributed by atoms with Gasteiger partial charge in [0.15, 0.2) is 0 Å². The molecule has 0 fully saturated rings. The Hall–Kier alpha value is -1.26. The molecule has 21 heavy (non-hydrogen) atoms. The van der Waals surface area contributed by atoms with Crippen molar-refractivity contribution in [2.45, 2.75) is 13.1 Å². The smallest absolute Gasteiger partial charge is 0.335 e. The Morgan fingerprint density at radius 2 is 1.52 bits per heavy atom. The number of carboxylic acid groups (broad SMARTS) is 1. The average Bonchev–Trinajstić information content (AvgIpc) is 2.43. The summed E-state index contributed by atoms with van der Waals surface area (Å²) >= 11 is 11.8. The van der Waals surface area contributed by atoms with E-state index in [2.05, 4.69) is 5.32 Å². The van der Waals surface area contributed by atoms with Crippen LogP contribution in [0.25, 0.3) is 0 Å². The van der Waals surface area contributed by atoms with Gasteiger partial charge in [-0.1, -0.05) is 41.4 Å². The van der Waals surface area contributed by atoms with Crippen LogP contribution in [0.2, 0.25) is 10.0 Å². The maximum Gasteiger partial charge on any atom is 0.335 e. The van der Waals surface area contributed by atoms with Crippen LogP contribution in [-0.2, 0) is 13.1 Å². The molecular weight excluding hydrogens is 333 g/mol. The molecule has 0 saturated heterocycles. The van der Waals surface area contributed by atoms with Gasteiger partial charge in [0.25, 0.3) is 0 Å². The molecular formula is C15H14Cl3NO2. The minimum atomic E-state index is -0.916. The van der Waals surface area contributed by atoms with Gasteiger partial charge in [-0.15, -0.1) is 12.4 Å². The first-order chi connectivity index (χ1) is 9.56. The molecule has 0 aliphatic heterocycles. The molecule has 0 spiro atoms. The van der Waals surface area contributed by atoms with Crippen molar-refractivity contribution >= 4 is 41.6 Å². The highest BCUT2D eigenvalue weighted by Crippen LogP contribution is 2.22. The third kappa shape index (κ3) is 5.21. The van der Waals surface area contributed by atoms with E-state index >= 15 is 0 Å². The molecule has 0 radical (unpaired) electrons. The van der Waals surface area contributed by atoms with Crippen LogP contribution < -0.4 is 5.32 Å². The quantitative estimate of drug-likeness (QED) is 0.843. The molecule has 0 amide bonds. The summed E-state index contributed by atoms with van der Waals surface area (Å²) in [5, 5.41) is 13.2. The maximum atomic E-state index is 10.7. The van der Waals surface area contributed by atoms with Crippen molar-refractivity contribution in [1.82, 2.24) is 5.32 Å². The molecule has 0 heterocycles. The number of hydrogen-bond donors (Lipinski definition) is 2. The molecule has 0 saturated carbocycles. The fourth-order valence-electron chi connectivity index (χ4n) is 1.77. The number of carbonyl (C=O) groups is 1. The molecule has 2 rings (SSSR count). The van der Waals surface area contributed by atoms with Crippen molar-refractivity contribution < 1.29 is 9.90 Å². The molecule has 0 bridgehead atoms. The molecule has 112 valence electrons. The minimum Gasteiger partial charge on any atom is -0.478 e. The Bertz CT molecular complexity index is 615. The Kier molecular flexibility index (Phi) is 6.99. The topological polar surface area (TPSA) is 49.3 Å². The van der Waals surface area contributed by atoms with E-state index in [0.717, 1.165) is 11.1 Å². The Labute approximate surface area is 139 Å². The molecule has 0 aliphatic rings. The van der Waals surface area contributed by atoms with E-state index in [1.807, 2.05) is 12.1 Å². The van der Waals surface area contributed by atoms with E-state index in [1.165, 1.54) is 0 Å². The zero-order chi connectivity index (χ0) is 14.5. The van der Waals surface area contributed by atoms with Crippen LogP contribution in [0.5, 0.6) is 0 Å². The molecule has 0 atom stereocenters. The summed E-state index contributed by atoms with van der Waals surface area (Å²) in [5.74, 6) is -0.916. The first kappa shape index (κ1) is 17.8. The van der Waals surface area contributed by atoms with Gasteiger partial charge >= 0.3 is 5.97 Å². The van der Waals surface area contributed by atoms with Gasteiger partial charge in [0.1, 0.15) is 0 Å². The van der Waals surface area contributed by atoms with Gasteiger partial charge in [-0.25, -0.2) is 4.79 Å². The van der Waals surface area contributed by atoms with Crippen LogP contribution in [-0.4, -0.2) is 11.1 Å². The van der Waals surface area contributed by atoms with Crippen LogP contribution in [0, 0.1) is 0 Å².